The summed E-state index contributed by atoms with van der Waals surface area (Å²) in [6.45, 7) is 3.66. The van der Waals surface area contributed by atoms with Crippen molar-refractivity contribution >= 4 is 15.7 Å². The van der Waals surface area contributed by atoms with E-state index in [4.69, 9.17) is 9.47 Å². The highest BCUT2D eigenvalue weighted by molar-refractivity contribution is 7.92. The highest BCUT2D eigenvalue weighted by Crippen LogP contribution is 2.41. The fourth-order valence-electron chi connectivity index (χ4n) is 3.99. The SMILES string of the molecule is CCOc1cc(=O)n(C)cc1-c1cc(N(Cc2ccccc2)S(=O)(=O)CC)ccc1Oc1ccc(F)cc1F. The number of nitrogens with zero attached hydrogens (tertiary/aromatic N) is 2. The monoisotopic (exact) mass is 554 g/mol. The van der Waals surface area contributed by atoms with Gasteiger partial charge in [-0.05, 0) is 49.7 Å². The lowest BCUT2D eigenvalue weighted by atomic mass is 10.0. The van der Waals surface area contributed by atoms with Gasteiger partial charge in [0.05, 0.1) is 24.6 Å². The minimum Gasteiger partial charge on any atom is -0.493 e. The first-order chi connectivity index (χ1) is 18.6. The van der Waals surface area contributed by atoms with E-state index in [2.05, 4.69) is 0 Å². The number of aryl methyl sites for hydroxylation is 1. The van der Waals surface area contributed by atoms with Crippen LogP contribution in [0.5, 0.6) is 17.2 Å². The Morgan fingerprint density at radius 3 is 2.26 bits per heavy atom. The molecule has 1 aromatic heterocycles. The van der Waals surface area contributed by atoms with Gasteiger partial charge in [0.1, 0.15) is 17.3 Å². The van der Waals surface area contributed by atoms with Crippen LogP contribution in [-0.2, 0) is 23.6 Å². The van der Waals surface area contributed by atoms with E-state index in [0.717, 1.165) is 17.7 Å². The molecule has 0 bridgehead atoms. The highest BCUT2D eigenvalue weighted by atomic mass is 32.2. The van der Waals surface area contributed by atoms with Crippen LogP contribution >= 0.6 is 0 Å². The summed E-state index contributed by atoms with van der Waals surface area (Å²) in [7, 11) is -2.16. The summed E-state index contributed by atoms with van der Waals surface area (Å²) < 4.78 is 68.7. The number of anilines is 1. The molecular weight excluding hydrogens is 526 g/mol. The summed E-state index contributed by atoms with van der Waals surface area (Å²) in [5, 5.41) is 0. The zero-order valence-electron chi connectivity index (χ0n) is 21.7. The van der Waals surface area contributed by atoms with Gasteiger partial charge >= 0.3 is 0 Å². The summed E-state index contributed by atoms with van der Waals surface area (Å²) in [4.78, 5) is 12.4. The zero-order chi connectivity index (χ0) is 28.2. The summed E-state index contributed by atoms with van der Waals surface area (Å²) in [6.07, 6.45) is 1.54. The van der Waals surface area contributed by atoms with Crippen LogP contribution in [0.3, 0.4) is 0 Å². The molecular formula is C29H28F2N2O5S. The van der Waals surface area contributed by atoms with Crippen molar-refractivity contribution in [1.82, 2.24) is 4.57 Å². The van der Waals surface area contributed by atoms with Gasteiger partial charge in [-0.1, -0.05) is 30.3 Å². The van der Waals surface area contributed by atoms with E-state index < -0.39 is 21.7 Å². The lowest BCUT2D eigenvalue weighted by Gasteiger charge is -2.25. The molecule has 0 aliphatic carbocycles. The van der Waals surface area contributed by atoms with Crippen LogP contribution < -0.4 is 19.3 Å². The Kier molecular flexibility index (Phi) is 8.35. The Morgan fingerprint density at radius 2 is 1.59 bits per heavy atom. The molecule has 0 aliphatic heterocycles. The van der Waals surface area contributed by atoms with Crippen LogP contribution in [0, 0.1) is 11.6 Å². The quantitative estimate of drug-likeness (QED) is 0.245. The molecule has 0 spiro atoms. The van der Waals surface area contributed by atoms with Crippen molar-refractivity contribution in [3.63, 3.8) is 0 Å². The topological polar surface area (TPSA) is 77.8 Å². The molecule has 0 atom stereocenters. The minimum atomic E-state index is -3.72. The van der Waals surface area contributed by atoms with Gasteiger partial charge in [-0.3, -0.25) is 9.10 Å². The molecule has 7 nitrogen and oxygen atoms in total. The first-order valence-electron chi connectivity index (χ1n) is 12.3. The van der Waals surface area contributed by atoms with E-state index in [1.807, 2.05) is 30.3 Å². The third-order valence-electron chi connectivity index (χ3n) is 6.01. The number of sulfonamides is 1. The third kappa shape index (κ3) is 6.28. The Labute approximate surface area is 225 Å². The molecule has 0 N–H and O–H groups in total. The molecule has 4 rings (SSSR count). The van der Waals surface area contributed by atoms with Gasteiger partial charge in [0.25, 0.3) is 5.56 Å². The van der Waals surface area contributed by atoms with Crippen LogP contribution in [-0.4, -0.2) is 25.3 Å². The van der Waals surface area contributed by atoms with Crippen LogP contribution in [0.15, 0.2) is 83.8 Å². The van der Waals surface area contributed by atoms with E-state index in [1.54, 1.807) is 33.0 Å². The van der Waals surface area contributed by atoms with E-state index in [0.29, 0.717) is 22.9 Å². The maximum atomic E-state index is 14.5. The van der Waals surface area contributed by atoms with Gasteiger partial charge < -0.3 is 14.0 Å². The van der Waals surface area contributed by atoms with E-state index in [9.17, 15) is 22.0 Å². The number of ether oxygens (including phenoxy) is 2. The zero-order valence-corrected chi connectivity index (χ0v) is 22.5. The molecule has 4 aromatic rings. The Morgan fingerprint density at radius 1 is 0.872 bits per heavy atom. The van der Waals surface area contributed by atoms with Crippen molar-refractivity contribution in [3.8, 4) is 28.4 Å². The van der Waals surface area contributed by atoms with Gasteiger partial charge in [-0.15, -0.1) is 0 Å². The average Bonchev–Trinajstić information content (AvgIpc) is 2.92. The van der Waals surface area contributed by atoms with Crippen LogP contribution in [0.25, 0.3) is 11.1 Å². The number of pyridine rings is 1. The standard InChI is InChI=1S/C29H28F2N2O5S/c1-4-37-28-17-29(34)32(3)19-24(28)23-16-22(12-14-26(23)38-27-13-11-21(30)15-25(27)31)33(39(35,36)5-2)18-20-9-7-6-8-10-20/h6-17,19H,4-5,18H2,1-3H3. The predicted octanol–water partition coefficient (Wildman–Crippen LogP) is 5.88. The number of halogens is 2. The lowest BCUT2D eigenvalue weighted by Crippen LogP contribution is -2.31. The second-order valence-corrected chi connectivity index (χ2v) is 10.9. The van der Waals surface area contributed by atoms with Crippen molar-refractivity contribution in [2.45, 2.75) is 20.4 Å². The van der Waals surface area contributed by atoms with Gasteiger partial charge in [0, 0.05) is 36.5 Å². The van der Waals surface area contributed by atoms with E-state index in [1.165, 1.54) is 27.2 Å². The number of aromatic nitrogens is 1. The smallest absolute Gasteiger partial charge is 0.254 e. The Hall–Kier alpha value is -4.18. The van der Waals surface area contributed by atoms with Crippen molar-refractivity contribution in [2.75, 3.05) is 16.7 Å². The summed E-state index contributed by atoms with van der Waals surface area (Å²) in [5.41, 5.74) is 1.57. The molecule has 0 amide bonds. The minimum absolute atomic E-state index is 0.0782. The number of hydrogen-bond acceptors (Lipinski definition) is 5. The molecule has 0 aliphatic rings. The van der Waals surface area contributed by atoms with Gasteiger partial charge in [-0.2, -0.15) is 0 Å². The molecule has 0 fully saturated rings. The second-order valence-electron chi connectivity index (χ2n) is 8.68. The average molecular weight is 555 g/mol. The maximum Gasteiger partial charge on any atom is 0.254 e. The highest BCUT2D eigenvalue weighted by Gasteiger charge is 2.24. The third-order valence-corrected chi connectivity index (χ3v) is 7.76. The molecule has 3 aromatic carbocycles. The van der Waals surface area contributed by atoms with Crippen molar-refractivity contribution in [2.24, 2.45) is 7.05 Å². The normalized spacial score (nSPS) is 11.3. The Balaban J connectivity index is 1.93. The molecule has 39 heavy (non-hydrogen) atoms. The van der Waals surface area contributed by atoms with Crippen LogP contribution in [0.4, 0.5) is 14.5 Å². The fraction of sp³-hybridized carbons (Fsp3) is 0.207. The fourth-order valence-corrected chi connectivity index (χ4v) is 5.09. The summed E-state index contributed by atoms with van der Waals surface area (Å²) >= 11 is 0. The molecule has 0 saturated heterocycles. The van der Waals surface area contributed by atoms with Crippen molar-refractivity contribution in [3.05, 3.63) is 107 Å². The first-order valence-corrected chi connectivity index (χ1v) is 13.9. The van der Waals surface area contributed by atoms with E-state index in [-0.39, 0.29) is 41.7 Å². The largest absolute Gasteiger partial charge is 0.493 e. The molecule has 0 saturated carbocycles. The van der Waals surface area contributed by atoms with Gasteiger partial charge in [-0.25, -0.2) is 17.2 Å². The van der Waals surface area contributed by atoms with Crippen molar-refractivity contribution in [1.29, 1.82) is 0 Å². The number of benzene rings is 3. The molecule has 0 unspecified atom stereocenters. The van der Waals surface area contributed by atoms with Crippen LogP contribution in [0.2, 0.25) is 0 Å². The van der Waals surface area contributed by atoms with E-state index >= 15 is 0 Å². The summed E-state index contributed by atoms with van der Waals surface area (Å²) in [6, 6.07) is 18.1. The van der Waals surface area contributed by atoms with Gasteiger partial charge in [0.2, 0.25) is 10.0 Å². The van der Waals surface area contributed by atoms with Crippen molar-refractivity contribution < 1.29 is 26.7 Å². The van der Waals surface area contributed by atoms with Gasteiger partial charge in [0.15, 0.2) is 11.6 Å². The molecule has 204 valence electrons. The number of rotatable bonds is 10. The second kappa shape index (κ2) is 11.7. The summed E-state index contributed by atoms with van der Waals surface area (Å²) in [5.74, 6) is -1.63. The maximum absolute atomic E-state index is 14.5. The first kappa shape index (κ1) is 27.8. The predicted molar refractivity (Wildman–Crippen MR) is 147 cm³/mol. The number of hydrogen-bond donors (Lipinski definition) is 0. The lowest BCUT2D eigenvalue weighted by molar-refractivity contribution is 0.340. The molecule has 1 heterocycles. The molecule has 10 heteroatoms. The Bertz CT molecular complexity index is 1640. The van der Waals surface area contributed by atoms with Crippen LogP contribution in [0.1, 0.15) is 19.4 Å². The molecule has 0 radical (unpaired) electrons.